The van der Waals surface area contributed by atoms with Gasteiger partial charge in [-0.25, -0.2) is 4.79 Å². The molecule has 1 aliphatic rings. The minimum absolute atomic E-state index is 0.231. The van der Waals surface area contributed by atoms with Gasteiger partial charge in [0.15, 0.2) is 5.69 Å². The molecule has 0 atom stereocenters. The second-order valence-electron chi connectivity index (χ2n) is 5.28. The van der Waals surface area contributed by atoms with Crippen molar-refractivity contribution in [1.29, 1.82) is 0 Å². The number of amides is 2. The molecule has 0 saturated carbocycles. The van der Waals surface area contributed by atoms with Crippen LogP contribution in [0.5, 0.6) is 0 Å². The minimum Gasteiger partial charge on any atom is -0.445 e. The second-order valence-corrected chi connectivity index (χ2v) is 5.28. The lowest BCUT2D eigenvalue weighted by Crippen LogP contribution is -2.38. The largest absolute Gasteiger partial charge is 0.445 e. The Balaban J connectivity index is 1.61. The van der Waals surface area contributed by atoms with Gasteiger partial charge in [0.1, 0.15) is 6.61 Å². The minimum atomic E-state index is -0.359. The third-order valence-electron chi connectivity index (χ3n) is 3.72. The average molecular weight is 314 g/mol. The van der Waals surface area contributed by atoms with Crippen molar-refractivity contribution in [3.05, 3.63) is 53.3 Å². The van der Waals surface area contributed by atoms with Crippen LogP contribution in [0.2, 0.25) is 0 Å². The fourth-order valence-electron chi connectivity index (χ4n) is 2.47. The molecule has 2 heterocycles. The number of rotatable bonds is 3. The molecule has 0 radical (unpaired) electrons. The van der Waals surface area contributed by atoms with Crippen LogP contribution in [0.1, 0.15) is 21.7 Å². The van der Waals surface area contributed by atoms with Gasteiger partial charge in [-0.3, -0.25) is 9.48 Å². The summed E-state index contributed by atoms with van der Waals surface area (Å²) in [6.07, 6.45) is -0.359. The van der Waals surface area contributed by atoms with Crippen molar-refractivity contribution in [2.45, 2.75) is 19.7 Å². The maximum absolute atomic E-state index is 12.2. The molecule has 0 fully saturated rings. The van der Waals surface area contributed by atoms with Crippen LogP contribution in [0.15, 0.2) is 36.4 Å². The molecule has 0 unspecified atom stereocenters. The van der Waals surface area contributed by atoms with Gasteiger partial charge in [-0.1, -0.05) is 30.3 Å². The lowest BCUT2D eigenvalue weighted by atomic mass is 10.2. The molecule has 1 aliphatic heterocycles. The van der Waals surface area contributed by atoms with E-state index in [2.05, 4.69) is 10.4 Å². The fourth-order valence-corrected chi connectivity index (χ4v) is 2.47. The lowest BCUT2D eigenvalue weighted by Gasteiger charge is -2.26. The first kappa shape index (κ1) is 15.1. The smallest absolute Gasteiger partial charge is 0.410 e. The molecule has 0 spiro atoms. The SMILES string of the molecule is CNC(=O)c1cc2n(n1)CCN(C(=O)OCc1ccccc1)C2. The van der Waals surface area contributed by atoms with Gasteiger partial charge in [0.25, 0.3) is 5.91 Å². The van der Waals surface area contributed by atoms with Crippen molar-refractivity contribution in [3.8, 4) is 0 Å². The van der Waals surface area contributed by atoms with Gasteiger partial charge < -0.3 is 15.0 Å². The molecule has 1 N–H and O–H groups in total. The van der Waals surface area contributed by atoms with Crippen LogP contribution in [0, 0.1) is 0 Å². The van der Waals surface area contributed by atoms with Crippen LogP contribution in [0.25, 0.3) is 0 Å². The van der Waals surface area contributed by atoms with E-state index < -0.39 is 0 Å². The van der Waals surface area contributed by atoms with E-state index in [0.29, 0.717) is 25.3 Å². The molecular weight excluding hydrogens is 296 g/mol. The summed E-state index contributed by atoms with van der Waals surface area (Å²) in [5.74, 6) is -0.231. The summed E-state index contributed by atoms with van der Waals surface area (Å²) in [5, 5.41) is 6.78. The van der Waals surface area contributed by atoms with Gasteiger partial charge in [-0.2, -0.15) is 5.10 Å². The molecule has 120 valence electrons. The Labute approximate surface area is 133 Å². The van der Waals surface area contributed by atoms with Crippen LogP contribution in [-0.2, 0) is 24.4 Å². The number of hydrogen-bond donors (Lipinski definition) is 1. The zero-order chi connectivity index (χ0) is 16.2. The first-order chi connectivity index (χ1) is 11.2. The van der Waals surface area contributed by atoms with Gasteiger partial charge in [-0.05, 0) is 11.6 Å². The maximum Gasteiger partial charge on any atom is 0.410 e. The summed E-state index contributed by atoms with van der Waals surface area (Å²) in [4.78, 5) is 25.4. The van der Waals surface area contributed by atoms with Crippen molar-refractivity contribution in [1.82, 2.24) is 20.0 Å². The van der Waals surface area contributed by atoms with E-state index in [1.54, 1.807) is 22.7 Å². The summed E-state index contributed by atoms with van der Waals surface area (Å²) in [5.41, 5.74) is 2.14. The molecule has 2 amide bonds. The normalized spacial score (nSPS) is 13.3. The standard InChI is InChI=1S/C16H18N4O3/c1-17-15(21)14-9-13-10-19(7-8-20(13)18-14)16(22)23-11-12-5-3-2-4-6-12/h2-6,9H,7-8,10-11H2,1H3,(H,17,21). The lowest BCUT2D eigenvalue weighted by molar-refractivity contribution is 0.0856. The Morgan fingerprint density at radius 2 is 2.04 bits per heavy atom. The number of fused-ring (bicyclic) bond motifs is 1. The van der Waals surface area contributed by atoms with Gasteiger partial charge in [0.05, 0.1) is 18.8 Å². The van der Waals surface area contributed by atoms with Gasteiger partial charge >= 0.3 is 6.09 Å². The fraction of sp³-hybridized carbons (Fsp3) is 0.312. The summed E-state index contributed by atoms with van der Waals surface area (Å²) < 4.78 is 7.09. The summed E-state index contributed by atoms with van der Waals surface area (Å²) in [6, 6.07) is 11.3. The third-order valence-corrected chi connectivity index (χ3v) is 3.72. The van der Waals surface area contributed by atoms with Crippen molar-refractivity contribution in [3.63, 3.8) is 0 Å². The highest BCUT2D eigenvalue weighted by molar-refractivity contribution is 5.92. The van der Waals surface area contributed by atoms with Crippen LogP contribution >= 0.6 is 0 Å². The Kier molecular flexibility index (Phi) is 4.27. The molecule has 3 rings (SSSR count). The molecule has 1 aromatic heterocycles. The third kappa shape index (κ3) is 3.33. The van der Waals surface area contributed by atoms with E-state index in [0.717, 1.165) is 11.3 Å². The Bertz CT molecular complexity index is 711. The van der Waals surface area contributed by atoms with Crippen LogP contribution < -0.4 is 5.32 Å². The number of nitrogens with zero attached hydrogens (tertiary/aromatic N) is 3. The number of hydrogen-bond acceptors (Lipinski definition) is 4. The number of carbonyl (C=O) groups is 2. The zero-order valence-corrected chi connectivity index (χ0v) is 12.9. The Morgan fingerprint density at radius 1 is 1.26 bits per heavy atom. The maximum atomic E-state index is 12.2. The quantitative estimate of drug-likeness (QED) is 0.929. The number of benzene rings is 1. The van der Waals surface area contributed by atoms with Crippen LogP contribution in [-0.4, -0.2) is 40.3 Å². The summed E-state index contributed by atoms with van der Waals surface area (Å²) >= 11 is 0. The second kappa shape index (κ2) is 6.51. The van der Waals surface area contributed by atoms with E-state index in [1.165, 1.54) is 0 Å². The average Bonchev–Trinajstić information content (AvgIpc) is 3.03. The van der Waals surface area contributed by atoms with E-state index in [9.17, 15) is 9.59 Å². The predicted molar refractivity (Wildman–Crippen MR) is 82.7 cm³/mol. The first-order valence-electron chi connectivity index (χ1n) is 7.42. The van der Waals surface area contributed by atoms with Crippen molar-refractivity contribution >= 4 is 12.0 Å². The van der Waals surface area contributed by atoms with Gasteiger partial charge in [0, 0.05) is 13.6 Å². The topological polar surface area (TPSA) is 76.5 Å². The number of ether oxygens (including phenoxy) is 1. The van der Waals surface area contributed by atoms with Gasteiger partial charge in [0.2, 0.25) is 0 Å². The molecular formula is C16H18N4O3. The Morgan fingerprint density at radius 3 is 2.78 bits per heavy atom. The summed E-state index contributed by atoms with van der Waals surface area (Å²) in [6.45, 7) is 1.69. The molecule has 0 aliphatic carbocycles. The first-order valence-corrected chi connectivity index (χ1v) is 7.42. The van der Waals surface area contributed by atoms with E-state index in [4.69, 9.17) is 4.74 Å². The van der Waals surface area contributed by atoms with Gasteiger partial charge in [-0.15, -0.1) is 0 Å². The predicted octanol–water partition coefficient (Wildman–Crippen LogP) is 1.40. The number of carbonyl (C=O) groups excluding carboxylic acids is 2. The number of aromatic nitrogens is 2. The Hall–Kier alpha value is -2.83. The van der Waals surface area contributed by atoms with E-state index in [1.807, 2.05) is 30.3 Å². The molecule has 0 saturated heterocycles. The molecule has 23 heavy (non-hydrogen) atoms. The summed E-state index contributed by atoms with van der Waals surface area (Å²) in [7, 11) is 1.56. The highest BCUT2D eigenvalue weighted by Crippen LogP contribution is 2.15. The molecule has 7 heteroatoms. The zero-order valence-electron chi connectivity index (χ0n) is 12.9. The van der Waals surface area contributed by atoms with Crippen molar-refractivity contribution in [2.75, 3.05) is 13.6 Å². The molecule has 2 aromatic rings. The monoisotopic (exact) mass is 314 g/mol. The molecule has 7 nitrogen and oxygen atoms in total. The van der Waals surface area contributed by atoms with Crippen LogP contribution in [0.3, 0.4) is 0 Å². The highest BCUT2D eigenvalue weighted by atomic mass is 16.6. The van der Waals surface area contributed by atoms with Crippen molar-refractivity contribution in [2.24, 2.45) is 0 Å². The van der Waals surface area contributed by atoms with Crippen LogP contribution in [0.4, 0.5) is 4.79 Å². The molecule has 1 aromatic carbocycles. The molecule has 0 bridgehead atoms. The van der Waals surface area contributed by atoms with E-state index in [-0.39, 0.29) is 18.6 Å². The van der Waals surface area contributed by atoms with Crippen molar-refractivity contribution < 1.29 is 14.3 Å². The van der Waals surface area contributed by atoms with E-state index >= 15 is 0 Å². The highest BCUT2D eigenvalue weighted by Gasteiger charge is 2.24. The number of nitrogens with one attached hydrogen (secondary N) is 1.